The Morgan fingerprint density at radius 1 is 1.06 bits per heavy atom. The van der Waals surface area contributed by atoms with E-state index in [1.807, 2.05) is 30.3 Å². The summed E-state index contributed by atoms with van der Waals surface area (Å²) in [5.74, 6) is -0.441. The van der Waals surface area contributed by atoms with Crippen molar-refractivity contribution in [3.8, 4) is 11.3 Å². The minimum Gasteiger partial charge on any atom is -0.383 e. The number of hydrogen-bond acceptors (Lipinski definition) is 6. The number of aromatic nitrogens is 4. The molecule has 0 atom stereocenters. The van der Waals surface area contributed by atoms with Crippen LogP contribution in [-0.4, -0.2) is 38.1 Å². The third kappa shape index (κ3) is 3.91. The second-order valence-corrected chi connectivity index (χ2v) is 7.00. The Labute approximate surface area is 184 Å². The van der Waals surface area contributed by atoms with Gasteiger partial charge in [-0.2, -0.15) is 5.10 Å². The molecular weight excluding hydrogens is 406 g/mol. The van der Waals surface area contributed by atoms with Crippen LogP contribution in [0, 0.1) is 0 Å². The van der Waals surface area contributed by atoms with Gasteiger partial charge in [-0.05, 0) is 30.3 Å². The van der Waals surface area contributed by atoms with E-state index in [2.05, 4.69) is 16.5 Å². The van der Waals surface area contributed by atoms with Crippen LogP contribution in [0.2, 0.25) is 0 Å². The van der Waals surface area contributed by atoms with Crippen molar-refractivity contribution in [1.82, 2.24) is 19.7 Å². The topological polar surface area (TPSA) is 133 Å². The minimum atomic E-state index is -0.511. The lowest BCUT2D eigenvalue weighted by Gasteiger charge is -2.21. The highest BCUT2D eigenvalue weighted by atomic mass is 16.2. The molecule has 0 spiro atoms. The van der Waals surface area contributed by atoms with Crippen LogP contribution in [0.1, 0.15) is 10.4 Å². The Morgan fingerprint density at radius 2 is 1.78 bits per heavy atom. The van der Waals surface area contributed by atoms with Gasteiger partial charge in [-0.1, -0.05) is 36.9 Å². The molecule has 0 bridgehead atoms. The largest absolute Gasteiger partial charge is 0.383 e. The predicted octanol–water partition coefficient (Wildman–Crippen LogP) is 2.39. The first-order valence-corrected chi connectivity index (χ1v) is 9.86. The molecule has 0 radical (unpaired) electrons. The molecule has 0 aliphatic rings. The highest BCUT2D eigenvalue weighted by Crippen LogP contribution is 2.30. The van der Waals surface area contributed by atoms with Gasteiger partial charge in [0, 0.05) is 23.4 Å². The van der Waals surface area contributed by atoms with E-state index in [0.717, 1.165) is 11.3 Å². The van der Waals surface area contributed by atoms with Gasteiger partial charge in [0.1, 0.15) is 17.8 Å². The number of carbonyl (C=O) groups is 2. The number of anilines is 2. The van der Waals surface area contributed by atoms with Crippen LogP contribution in [0.4, 0.5) is 11.5 Å². The van der Waals surface area contributed by atoms with Crippen molar-refractivity contribution in [1.29, 1.82) is 0 Å². The Hall–Kier alpha value is -4.53. The van der Waals surface area contributed by atoms with Crippen LogP contribution in [0.15, 0.2) is 73.6 Å². The molecule has 2 aromatic carbocycles. The van der Waals surface area contributed by atoms with Crippen LogP contribution >= 0.6 is 0 Å². The molecule has 2 amide bonds. The highest BCUT2D eigenvalue weighted by Gasteiger charge is 2.19. The van der Waals surface area contributed by atoms with Gasteiger partial charge in [-0.25, -0.2) is 14.6 Å². The Morgan fingerprint density at radius 3 is 2.44 bits per heavy atom. The molecule has 0 saturated heterocycles. The monoisotopic (exact) mass is 427 g/mol. The smallest absolute Gasteiger partial charge is 0.250 e. The number of nitrogens with two attached hydrogens (primary N) is 2. The summed E-state index contributed by atoms with van der Waals surface area (Å²) >= 11 is 0. The lowest BCUT2D eigenvalue weighted by Crippen LogP contribution is -2.32. The second kappa shape index (κ2) is 8.68. The van der Waals surface area contributed by atoms with E-state index in [4.69, 9.17) is 16.6 Å². The summed E-state index contributed by atoms with van der Waals surface area (Å²) in [6, 6.07) is 16.1. The quantitative estimate of drug-likeness (QED) is 0.435. The number of primary amides is 1. The number of rotatable bonds is 7. The molecule has 0 unspecified atom stereocenters. The maximum Gasteiger partial charge on any atom is 0.250 e. The number of hydrogen-bond donors (Lipinski definition) is 2. The highest BCUT2D eigenvalue weighted by molar-refractivity contribution is 6.01. The average Bonchev–Trinajstić information content (AvgIpc) is 3.19. The fourth-order valence-corrected chi connectivity index (χ4v) is 3.46. The molecule has 2 heterocycles. The molecule has 2 aromatic heterocycles. The van der Waals surface area contributed by atoms with Gasteiger partial charge in [0.05, 0.1) is 11.9 Å². The summed E-state index contributed by atoms with van der Waals surface area (Å²) in [4.78, 5) is 33.9. The van der Waals surface area contributed by atoms with E-state index in [9.17, 15) is 9.59 Å². The molecule has 9 heteroatoms. The predicted molar refractivity (Wildman–Crippen MR) is 123 cm³/mol. The SMILES string of the molecule is C=CC(=O)N(CCn1nc(-c2ccc(C(N)=O)cc2)c2c(N)ncnc21)c1ccccc1. The fraction of sp³-hybridized carbons (Fsp3) is 0.0870. The maximum atomic E-state index is 12.5. The van der Waals surface area contributed by atoms with E-state index in [-0.39, 0.29) is 11.7 Å². The van der Waals surface area contributed by atoms with E-state index < -0.39 is 5.91 Å². The molecule has 0 aliphatic carbocycles. The van der Waals surface area contributed by atoms with E-state index in [1.165, 1.54) is 12.4 Å². The third-order valence-corrected chi connectivity index (χ3v) is 5.05. The van der Waals surface area contributed by atoms with Crippen molar-refractivity contribution in [2.75, 3.05) is 17.2 Å². The van der Waals surface area contributed by atoms with Gasteiger partial charge in [0.25, 0.3) is 0 Å². The number of carbonyl (C=O) groups excluding carboxylic acids is 2. The fourth-order valence-electron chi connectivity index (χ4n) is 3.46. The molecular formula is C23H21N7O2. The number of fused-ring (bicyclic) bond motifs is 1. The number of benzene rings is 2. The van der Waals surface area contributed by atoms with Crippen molar-refractivity contribution < 1.29 is 9.59 Å². The Balaban J connectivity index is 1.72. The number of amides is 2. The van der Waals surface area contributed by atoms with Crippen LogP contribution in [-0.2, 0) is 11.3 Å². The zero-order valence-electron chi connectivity index (χ0n) is 17.2. The summed E-state index contributed by atoms with van der Waals surface area (Å²) in [6.45, 7) is 4.31. The normalized spacial score (nSPS) is 10.8. The molecule has 9 nitrogen and oxygen atoms in total. The molecule has 0 fully saturated rings. The van der Waals surface area contributed by atoms with Crippen molar-refractivity contribution in [3.05, 3.63) is 79.1 Å². The van der Waals surface area contributed by atoms with Gasteiger partial charge in [0.2, 0.25) is 11.8 Å². The van der Waals surface area contributed by atoms with Gasteiger partial charge in [0.15, 0.2) is 5.65 Å². The first kappa shape index (κ1) is 20.7. The summed E-state index contributed by atoms with van der Waals surface area (Å²) < 4.78 is 1.69. The summed E-state index contributed by atoms with van der Waals surface area (Å²) in [5.41, 5.74) is 14.5. The van der Waals surface area contributed by atoms with Gasteiger partial charge < -0.3 is 16.4 Å². The van der Waals surface area contributed by atoms with Crippen molar-refractivity contribution in [3.63, 3.8) is 0 Å². The molecule has 0 aliphatic heterocycles. The van der Waals surface area contributed by atoms with E-state index >= 15 is 0 Å². The lowest BCUT2D eigenvalue weighted by molar-refractivity contribution is -0.114. The zero-order valence-corrected chi connectivity index (χ0v) is 17.2. The first-order valence-electron chi connectivity index (χ1n) is 9.86. The minimum absolute atomic E-state index is 0.218. The van der Waals surface area contributed by atoms with Crippen molar-refractivity contribution in [2.45, 2.75) is 6.54 Å². The summed E-state index contributed by atoms with van der Waals surface area (Å²) in [7, 11) is 0. The molecule has 4 aromatic rings. The number of nitrogens with zero attached hydrogens (tertiary/aromatic N) is 5. The molecule has 32 heavy (non-hydrogen) atoms. The lowest BCUT2D eigenvalue weighted by atomic mass is 10.1. The van der Waals surface area contributed by atoms with Crippen LogP contribution in [0.25, 0.3) is 22.3 Å². The maximum absolute atomic E-state index is 12.5. The molecule has 160 valence electrons. The standard InChI is InChI=1S/C23H21N7O2/c1-2-18(31)29(17-6-4-3-5-7-17)12-13-30-23-19(21(24)26-14-27-23)20(28-30)15-8-10-16(11-9-15)22(25)32/h2-11,14H,1,12-13H2,(H2,25,32)(H2,24,26,27). The number of nitrogen functional groups attached to an aromatic ring is 1. The summed E-state index contributed by atoms with van der Waals surface area (Å²) in [5, 5.41) is 5.30. The summed E-state index contributed by atoms with van der Waals surface area (Å²) in [6.07, 6.45) is 2.65. The second-order valence-electron chi connectivity index (χ2n) is 7.00. The van der Waals surface area contributed by atoms with E-state index in [1.54, 1.807) is 33.8 Å². The van der Waals surface area contributed by atoms with Crippen molar-refractivity contribution in [2.24, 2.45) is 5.73 Å². The molecule has 4 N–H and O–H groups in total. The van der Waals surface area contributed by atoms with Crippen molar-refractivity contribution >= 4 is 34.4 Å². The van der Waals surface area contributed by atoms with Gasteiger partial charge >= 0.3 is 0 Å². The van der Waals surface area contributed by atoms with Crippen LogP contribution < -0.4 is 16.4 Å². The zero-order chi connectivity index (χ0) is 22.7. The Kier molecular flexibility index (Phi) is 5.63. The molecule has 0 saturated carbocycles. The van der Waals surface area contributed by atoms with Gasteiger partial charge in [-0.15, -0.1) is 0 Å². The first-order chi connectivity index (χ1) is 15.5. The number of para-hydroxylation sites is 1. The Bertz CT molecular complexity index is 1300. The average molecular weight is 427 g/mol. The van der Waals surface area contributed by atoms with Crippen LogP contribution in [0.3, 0.4) is 0 Å². The molecule has 4 rings (SSSR count). The van der Waals surface area contributed by atoms with E-state index in [0.29, 0.717) is 35.4 Å². The van der Waals surface area contributed by atoms with Crippen LogP contribution in [0.5, 0.6) is 0 Å². The third-order valence-electron chi connectivity index (χ3n) is 5.05. The van der Waals surface area contributed by atoms with Gasteiger partial charge in [-0.3, -0.25) is 9.59 Å².